The zero-order valence-electron chi connectivity index (χ0n) is 11.1. The lowest BCUT2D eigenvalue weighted by Crippen LogP contribution is -2.24. The van der Waals surface area contributed by atoms with Crippen molar-refractivity contribution < 1.29 is 5.11 Å². The van der Waals surface area contributed by atoms with Crippen LogP contribution in [0.1, 0.15) is 45.3 Å². The van der Waals surface area contributed by atoms with E-state index in [-0.39, 0.29) is 6.10 Å². The van der Waals surface area contributed by atoms with Gasteiger partial charge in [-0.25, -0.2) is 0 Å². The van der Waals surface area contributed by atoms with E-state index in [0.717, 1.165) is 25.1 Å². The lowest BCUT2D eigenvalue weighted by molar-refractivity contribution is 0.174. The third kappa shape index (κ3) is 2.63. The van der Waals surface area contributed by atoms with E-state index in [9.17, 15) is 5.11 Å². The van der Waals surface area contributed by atoms with Gasteiger partial charge in [0, 0.05) is 24.3 Å². The SMILES string of the molecule is CC[C@H](O)c1ccccc1N1CCC(C)(C)C1. The van der Waals surface area contributed by atoms with Crippen molar-refractivity contribution in [3.63, 3.8) is 0 Å². The molecule has 1 saturated heterocycles. The van der Waals surface area contributed by atoms with Crippen LogP contribution in [0.3, 0.4) is 0 Å². The normalized spacial score (nSPS) is 20.6. The lowest BCUT2D eigenvalue weighted by atomic mass is 9.93. The molecule has 0 amide bonds. The molecule has 94 valence electrons. The topological polar surface area (TPSA) is 23.5 Å². The molecular weight excluding hydrogens is 210 g/mol. The summed E-state index contributed by atoms with van der Waals surface area (Å²) < 4.78 is 0. The summed E-state index contributed by atoms with van der Waals surface area (Å²) in [6.07, 6.45) is 1.66. The van der Waals surface area contributed by atoms with Crippen LogP contribution in [0.25, 0.3) is 0 Å². The van der Waals surface area contributed by atoms with Crippen molar-refractivity contribution in [2.45, 2.75) is 39.7 Å². The van der Waals surface area contributed by atoms with Crippen LogP contribution in [-0.2, 0) is 0 Å². The van der Waals surface area contributed by atoms with Crippen molar-refractivity contribution in [1.82, 2.24) is 0 Å². The average Bonchev–Trinajstić information content (AvgIpc) is 2.68. The Morgan fingerprint density at radius 2 is 2.06 bits per heavy atom. The minimum atomic E-state index is -0.338. The molecule has 1 aliphatic heterocycles. The van der Waals surface area contributed by atoms with E-state index in [0.29, 0.717) is 5.41 Å². The first-order valence-corrected chi connectivity index (χ1v) is 6.55. The van der Waals surface area contributed by atoms with Gasteiger partial charge in [0.1, 0.15) is 0 Å². The van der Waals surface area contributed by atoms with Gasteiger partial charge < -0.3 is 10.0 Å². The fourth-order valence-electron chi connectivity index (χ4n) is 2.60. The maximum absolute atomic E-state index is 10.1. The summed E-state index contributed by atoms with van der Waals surface area (Å²) in [5, 5.41) is 10.1. The van der Waals surface area contributed by atoms with Crippen LogP contribution in [-0.4, -0.2) is 18.2 Å². The van der Waals surface area contributed by atoms with Gasteiger partial charge in [0.25, 0.3) is 0 Å². The van der Waals surface area contributed by atoms with Crippen LogP contribution in [0, 0.1) is 5.41 Å². The summed E-state index contributed by atoms with van der Waals surface area (Å²) in [6, 6.07) is 8.26. The Morgan fingerprint density at radius 3 is 2.65 bits per heavy atom. The summed E-state index contributed by atoms with van der Waals surface area (Å²) in [5.74, 6) is 0. The molecule has 17 heavy (non-hydrogen) atoms. The molecule has 2 nitrogen and oxygen atoms in total. The number of para-hydroxylation sites is 1. The van der Waals surface area contributed by atoms with Gasteiger partial charge in [-0.3, -0.25) is 0 Å². The molecule has 0 saturated carbocycles. The van der Waals surface area contributed by atoms with Crippen molar-refractivity contribution in [2.24, 2.45) is 5.41 Å². The fraction of sp³-hybridized carbons (Fsp3) is 0.600. The van der Waals surface area contributed by atoms with Crippen molar-refractivity contribution >= 4 is 5.69 Å². The van der Waals surface area contributed by atoms with Gasteiger partial charge in [-0.15, -0.1) is 0 Å². The number of benzene rings is 1. The predicted molar refractivity (Wildman–Crippen MR) is 72.3 cm³/mol. The van der Waals surface area contributed by atoms with Gasteiger partial charge in [-0.2, -0.15) is 0 Å². The largest absolute Gasteiger partial charge is 0.388 e. The van der Waals surface area contributed by atoms with Crippen molar-refractivity contribution in [1.29, 1.82) is 0 Å². The van der Waals surface area contributed by atoms with Crippen LogP contribution >= 0.6 is 0 Å². The molecule has 0 aliphatic carbocycles. The molecule has 1 fully saturated rings. The first-order valence-electron chi connectivity index (χ1n) is 6.55. The number of rotatable bonds is 3. The zero-order valence-corrected chi connectivity index (χ0v) is 11.1. The van der Waals surface area contributed by atoms with Gasteiger partial charge in [-0.05, 0) is 24.3 Å². The second-order valence-corrected chi connectivity index (χ2v) is 5.82. The Labute approximate surface area is 104 Å². The number of aliphatic hydroxyl groups excluding tert-OH is 1. The average molecular weight is 233 g/mol. The molecule has 0 radical (unpaired) electrons. The highest BCUT2D eigenvalue weighted by atomic mass is 16.3. The van der Waals surface area contributed by atoms with E-state index in [1.165, 1.54) is 12.1 Å². The molecule has 1 aliphatic rings. The van der Waals surface area contributed by atoms with Crippen LogP contribution < -0.4 is 4.90 Å². The van der Waals surface area contributed by atoms with E-state index in [1.807, 2.05) is 13.0 Å². The minimum Gasteiger partial charge on any atom is -0.388 e. The highest BCUT2D eigenvalue weighted by Gasteiger charge is 2.30. The third-order valence-electron chi connectivity index (χ3n) is 3.70. The number of nitrogens with zero attached hydrogens (tertiary/aromatic N) is 1. The first kappa shape index (κ1) is 12.4. The molecule has 1 aromatic carbocycles. The van der Waals surface area contributed by atoms with E-state index in [1.54, 1.807) is 0 Å². The summed E-state index contributed by atoms with van der Waals surface area (Å²) in [4.78, 5) is 2.41. The Bertz CT molecular complexity index is 386. The first-order chi connectivity index (χ1) is 8.03. The highest BCUT2D eigenvalue weighted by Crippen LogP contribution is 2.36. The van der Waals surface area contributed by atoms with Gasteiger partial charge >= 0.3 is 0 Å². The molecule has 0 unspecified atom stereocenters. The fourth-order valence-corrected chi connectivity index (χ4v) is 2.60. The minimum absolute atomic E-state index is 0.338. The zero-order chi connectivity index (χ0) is 12.5. The number of anilines is 1. The Morgan fingerprint density at radius 1 is 1.35 bits per heavy atom. The van der Waals surface area contributed by atoms with E-state index >= 15 is 0 Å². The summed E-state index contributed by atoms with van der Waals surface area (Å²) in [7, 11) is 0. The number of hydrogen-bond donors (Lipinski definition) is 1. The predicted octanol–water partition coefficient (Wildman–Crippen LogP) is 3.37. The van der Waals surface area contributed by atoms with Gasteiger partial charge in [0.2, 0.25) is 0 Å². The molecule has 0 aromatic heterocycles. The monoisotopic (exact) mass is 233 g/mol. The van der Waals surface area contributed by atoms with Crippen molar-refractivity contribution in [3.05, 3.63) is 29.8 Å². The summed E-state index contributed by atoms with van der Waals surface area (Å²) in [6.45, 7) is 8.83. The number of hydrogen-bond acceptors (Lipinski definition) is 2. The van der Waals surface area contributed by atoms with Crippen LogP contribution in [0.2, 0.25) is 0 Å². The van der Waals surface area contributed by atoms with Crippen LogP contribution in [0.4, 0.5) is 5.69 Å². The molecular formula is C15H23NO. The second-order valence-electron chi connectivity index (χ2n) is 5.82. The Balaban J connectivity index is 2.27. The third-order valence-corrected chi connectivity index (χ3v) is 3.70. The van der Waals surface area contributed by atoms with Crippen LogP contribution in [0.5, 0.6) is 0 Å². The molecule has 1 heterocycles. The Kier molecular flexibility index (Phi) is 3.43. The molecule has 2 heteroatoms. The maximum atomic E-state index is 10.1. The van der Waals surface area contributed by atoms with Crippen LogP contribution in [0.15, 0.2) is 24.3 Å². The summed E-state index contributed by atoms with van der Waals surface area (Å²) in [5.41, 5.74) is 2.68. The van der Waals surface area contributed by atoms with Crippen molar-refractivity contribution in [3.8, 4) is 0 Å². The Hall–Kier alpha value is -1.02. The van der Waals surface area contributed by atoms with Crippen molar-refractivity contribution in [2.75, 3.05) is 18.0 Å². The number of aliphatic hydroxyl groups is 1. The second kappa shape index (κ2) is 4.69. The quantitative estimate of drug-likeness (QED) is 0.865. The van der Waals surface area contributed by atoms with Gasteiger partial charge in [-0.1, -0.05) is 39.0 Å². The highest BCUT2D eigenvalue weighted by molar-refractivity contribution is 5.55. The maximum Gasteiger partial charge on any atom is 0.0807 e. The standard InChI is InChI=1S/C15H23NO/c1-4-14(17)12-7-5-6-8-13(12)16-10-9-15(2,3)11-16/h5-8,14,17H,4,9-11H2,1-3H3/t14-/m0/s1. The smallest absolute Gasteiger partial charge is 0.0807 e. The lowest BCUT2D eigenvalue weighted by Gasteiger charge is -2.25. The van der Waals surface area contributed by atoms with E-state index < -0.39 is 0 Å². The van der Waals surface area contributed by atoms with Gasteiger partial charge in [0.15, 0.2) is 0 Å². The van der Waals surface area contributed by atoms with E-state index in [4.69, 9.17) is 0 Å². The molecule has 1 aromatic rings. The molecule has 0 bridgehead atoms. The molecule has 1 N–H and O–H groups in total. The van der Waals surface area contributed by atoms with E-state index in [2.05, 4.69) is 36.9 Å². The molecule has 2 rings (SSSR count). The molecule has 0 spiro atoms. The molecule has 1 atom stereocenters. The summed E-state index contributed by atoms with van der Waals surface area (Å²) >= 11 is 0. The van der Waals surface area contributed by atoms with Gasteiger partial charge in [0.05, 0.1) is 6.10 Å².